The standard InChI is InChI=1S/C14H22FN3/c1-5-16-14(18(3)4)17-9-8-12-6-7-13(15)10-11(12)2/h6-7,10H,5,8-9H2,1-4H3,(H,16,17). The zero-order chi connectivity index (χ0) is 13.5. The third-order valence-electron chi connectivity index (χ3n) is 2.71. The Morgan fingerprint density at radius 2 is 2.11 bits per heavy atom. The van der Waals surface area contributed by atoms with E-state index in [0.29, 0.717) is 6.54 Å². The highest BCUT2D eigenvalue weighted by atomic mass is 19.1. The summed E-state index contributed by atoms with van der Waals surface area (Å²) < 4.78 is 13.0. The largest absolute Gasteiger partial charge is 0.357 e. The molecule has 0 unspecified atom stereocenters. The van der Waals surface area contributed by atoms with Gasteiger partial charge in [0.1, 0.15) is 5.82 Å². The minimum absolute atomic E-state index is 0.179. The molecule has 0 aliphatic carbocycles. The molecular formula is C14H22FN3. The van der Waals surface area contributed by atoms with Crippen molar-refractivity contribution in [2.24, 2.45) is 4.99 Å². The molecule has 1 aromatic carbocycles. The summed E-state index contributed by atoms with van der Waals surface area (Å²) in [7, 11) is 3.93. The lowest BCUT2D eigenvalue weighted by molar-refractivity contribution is 0.583. The molecule has 1 rings (SSSR count). The number of aryl methyl sites for hydroxylation is 1. The van der Waals surface area contributed by atoms with Crippen LogP contribution < -0.4 is 5.32 Å². The summed E-state index contributed by atoms with van der Waals surface area (Å²) in [6, 6.07) is 4.90. The molecular weight excluding hydrogens is 229 g/mol. The van der Waals surface area contributed by atoms with Crippen molar-refractivity contribution >= 4 is 5.96 Å². The number of nitrogens with zero attached hydrogens (tertiary/aromatic N) is 2. The SMILES string of the molecule is CCNC(=NCCc1ccc(F)cc1C)N(C)C. The Balaban J connectivity index is 2.61. The van der Waals surface area contributed by atoms with Gasteiger partial charge in [0.15, 0.2) is 5.96 Å². The van der Waals surface area contributed by atoms with Crippen molar-refractivity contribution in [3.63, 3.8) is 0 Å². The van der Waals surface area contributed by atoms with E-state index < -0.39 is 0 Å². The maximum atomic E-state index is 13.0. The molecule has 0 saturated heterocycles. The zero-order valence-electron chi connectivity index (χ0n) is 11.6. The highest BCUT2D eigenvalue weighted by Gasteiger charge is 2.01. The van der Waals surface area contributed by atoms with Crippen LogP contribution in [0.3, 0.4) is 0 Å². The molecule has 0 saturated carbocycles. The molecule has 0 bridgehead atoms. The lowest BCUT2D eigenvalue weighted by Gasteiger charge is -2.16. The van der Waals surface area contributed by atoms with E-state index in [2.05, 4.69) is 10.3 Å². The smallest absolute Gasteiger partial charge is 0.193 e. The number of hydrogen-bond donors (Lipinski definition) is 1. The molecule has 0 amide bonds. The van der Waals surface area contributed by atoms with E-state index >= 15 is 0 Å². The zero-order valence-corrected chi connectivity index (χ0v) is 11.6. The van der Waals surface area contributed by atoms with E-state index in [1.165, 1.54) is 6.07 Å². The first-order valence-electron chi connectivity index (χ1n) is 6.25. The number of benzene rings is 1. The van der Waals surface area contributed by atoms with Gasteiger partial charge in [0.05, 0.1) is 0 Å². The van der Waals surface area contributed by atoms with Crippen molar-refractivity contribution < 1.29 is 4.39 Å². The van der Waals surface area contributed by atoms with Crippen LogP contribution in [0.2, 0.25) is 0 Å². The quantitative estimate of drug-likeness (QED) is 0.656. The Bertz CT molecular complexity index is 414. The molecule has 1 aromatic rings. The molecule has 3 nitrogen and oxygen atoms in total. The maximum Gasteiger partial charge on any atom is 0.193 e. The highest BCUT2D eigenvalue weighted by molar-refractivity contribution is 5.79. The van der Waals surface area contributed by atoms with Crippen molar-refractivity contribution in [2.45, 2.75) is 20.3 Å². The molecule has 0 spiro atoms. The number of aliphatic imine (C=N–C) groups is 1. The first-order valence-corrected chi connectivity index (χ1v) is 6.25. The van der Waals surface area contributed by atoms with Crippen LogP contribution in [-0.4, -0.2) is 38.0 Å². The van der Waals surface area contributed by atoms with Gasteiger partial charge < -0.3 is 10.2 Å². The van der Waals surface area contributed by atoms with E-state index in [1.807, 2.05) is 38.9 Å². The lowest BCUT2D eigenvalue weighted by Crippen LogP contribution is -2.36. The maximum absolute atomic E-state index is 13.0. The Kier molecular flexibility index (Phi) is 5.62. The monoisotopic (exact) mass is 251 g/mol. The minimum Gasteiger partial charge on any atom is -0.357 e. The molecule has 0 aliphatic rings. The third-order valence-corrected chi connectivity index (χ3v) is 2.71. The predicted molar refractivity (Wildman–Crippen MR) is 74.5 cm³/mol. The van der Waals surface area contributed by atoms with Crippen LogP contribution in [0.5, 0.6) is 0 Å². The van der Waals surface area contributed by atoms with Crippen molar-refractivity contribution in [1.29, 1.82) is 0 Å². The second kappa shape index (κ2) is 6.99. The number of rotatable bonds is 4. The normalized spacial score (nSPS) is 11.5. The first kappa shape index (κ1) is 14.5. The molecule has 0 radical (unpaired) electrons. The van der Waals surface area contributed by atoms with Gasteiger partial charge in [-0.1, -0.05) is 6.07 Å². The number of halogens is 1. The van der Waals surface area contributed by atoms with Gasteiger partial charge in [0, 0.05) is 27.2 Å². The fourth-order valence-electron chi connectivity index (χ4n) is 1.74. The predicted octanol–water partition coefficient (Wildman–Crippen LogP) is 2.20. The van der Waals surface area contributed by atoms with Crippen LogP contribution in [0, 0.1) is 12.7 Å². The third kappa shape index (κ3) is 4.35. The topological polar surface area (TPSA) is 27.6 Å². The summed E-state index contributed by atoms with van der Waals surface area (Å²) in [6.07, 6.45) is 0.828. The molecule has 0 aliphatic heterocycles. The lowest BCUT2D eigenvalue weighted by atomic mass is 10.1. The van der Waals surface area contributed by atoms with Crippen LogP contribution >= 0.6 is 0 Å². The highest BCUT2D eigenvalue weighted by Crippen LogP contribution is 2.10. The summed E-state index contributed by atoms with van der Waals surface area (Å²) in [5.41, 5.74) is 2.13. The van der Waals surface area contributed by atoms with Gasteiger partial charge >= 0.3 is 0 Å². The van der Waals surface area contributed by atoms with E-state index in [-0.39, 0.29) is 5.82 Å². The van der Waals surface area contributed by atoms with Crippen molar-refractivity contribution in [1.82, 2.24) is 10.2 Å². The Hall–Kier alpha value is -1.58. The second-order valence-corrected chi connectivity index (χ2v) is 4.45. The molecule has 0 aromatic heterocycles. The number of nitrogens with one attached hydrogen (secondary N) is 1. The fraction of sp³-hybridized carbons (Fsp3) is 0.500. The van der Waals surface area contributed by atoms with Gasteiger partial charge in [-0.3, -0.25) is 4.99 Å². The summed E-state index contributed by atoms with van der Waals surface area (Å²) in [6.45, 7) is 5.53. The van der Waals surface area contributed by atoms with E-state index in [1.54, 1.807) is 6.07 Å². The molecule has 1 N–H and O–H groups in total. The molecule has 0 fully saturated rings. The van der Waals surface area contributed by atoms with E-state index in [0.717, 1.165) is 30.1 Å². The average molecular weight is 251 g/mol. The average Bonchev–Trinajstić information content (AvgIpc) is 2.30. The van der Waals surface area contributed by atoms with Gasteiger partial charge in [0.2, 0.25) is 0 Å². The van der Waals surface area contributed by atoms with Gasteiger partial charge in [-0.05, 0) is 43.5 Å². The number of guanidine groups is 1. The van der Waals surface area contributed by atoms with Crippen molar-refractivity contribution in [3.05, 3.63) is 35.1 Å². The van der Waals surface area contributed by atoms with E-state index in [9.17, 15) is 4.39 Å². The molecule has 0 atom stereocenters. The van der Waals surface area contributed by atoms with E-state index in [4.69, 9.17) is 0 Å². The van der Waals surface area contributed by atoms with Gasteiger partial charge in [0.25, 0.3) is 0 Å². The Morgan fingerprint density at radius 3 is 2.67 bits per heavy atom. The van der Waals surface area contributed by atoms with Crippen molar-refractivity contribution in [3.8, 4) is 0 Å². The van der Waals surface area contributed by atoms with Crippen molar-refractivity contribution in [2.75, 3.05) is 27.2 Å². The molecule has 4 heteroatoms. The Labute approximate surface area is 109 Å². The number of hydrogen-bond acceptors (Lipinski definition) is 1. The van der Waals surface area contributed by atoms with Gasteiger partial charge in [-0.25, -0.2) is 4.39 Å². The molecule has 100 valence electrons. The van der Waals surface area contributed by atoms with Gasteiger partial charge in [-0.15, -0.1) is 0 Å². The summed E-state index contributed by atoms with van der Waals surface area (Å²) in [4.78, 5) is 6.47. The first-order chi connectivity index (χ1) is 8.54. The Morgan fingerprint density at radius 1 is 1.39 bits per heavy atom. The summed E-state index contributed by atoms with van der Waals surface area (Å²) in [5.74, 6) is 0.707. The van der Waals surface area contributed by atoms with Crippen LogP contribution in [0.1, 0.15) is 18.1 Å². The van der Waals surface area contributed by atoms with Crippen LogP contribution in [-0.2, 0) is 6.42 Å². The van der Waals surface area contributed by atoms with Gasteiger partial charge in [-0.2, -0.15) is 0 Å². The summed E-state index contributed by atoms with van der Waals surface area (Å²) >= 11 is 0. The summed E-state index contributed by atoms with van der Waals surface area (Å²) in [5, 5.41) is 3.21. The van der Waals surface area contributed by atoms with Crippen LogP contribution in [0.4, 0.5) is 4.39 Å². The fourth-order valence-corrected chi connectivity index (χ4v) is 1.74. The molecule has 0 heterocycles. The molecule has 18 heavy (non-hydrogen) atoms. The van der Waals surface area contributed by atoms with Crippen LogP contribution in [0.15, 0.2) is 23.2 Å². The van der Waals surface area contributed by atoms with Crippen LogP contribution in [0.25, 0.3) is 0 Å². The minimum atomic E-state index is -0.179. The second-order valence-electron chi connectivity index (χ2n) is 4.45.